The first-order valence-electron chi connectivity index (χ1n) is 7.07. The molecular formula is C14H19ClN2O5S. The normalized spacial score (nSPS) is 23.3. The first-order valence-corrected chi connectivity index (χ1v) is 8.89. The first-order chi connectivity index (χ1) is 10.8. The Labute approximate surface area is 140 Å². The van der Waals surface area contributed by atoms with Crippen LogP contribution in [0.15, 0.2) is 23.1 Å². The van der Waals surface area contributed by atoms with Gasteiger partial charge in [-0.2, -0.15) is 4.31 Å². The van der Waals surface area contributed by atoms with Crippen molar-refractivity contribution in [2.24, 2.45) is 11.7 Å². The number of hydrogen-bond acceptors (Lipinski definition) is 5. The summed E-state index contributed by atoms with van der Waals surface area (Å²) in [5.41, 5.74) is 5.91. The molecule has 1 heterocycles. The summed E-state index contributed by atoms with van der Waals surface area (Å²) in [6, 6.07) is 3.86. The minimum absolute atomic E-state index is 0.0573. The highest BCUT2D eigenvalue weighted by Crippen LogP contribution is 2.31. The molecule has 0 radical (unpaired) electrons. The summed E-state index contributed by atoms with van der Waals surface area (Å²) in [6.07, 6.45) is 0.796. The lowest BCUT2D eigenvalue weighted by atomic mass is 10.0. The molecule has 0 spiro atoms. The Morgan fingerprint density at radius 1 is 1.39 bits per heavy atom. The van der Waals surface area contributed by atoms with Gasteiger partial charge in [-0.05, 0) is 31.0 Å². The third kappa shape index (κ3) is 3.95. The van der Waals surface area contributed by atoms with Gasteiger partial charge in [0.1, 0.15) is 10.6 Å². The van der Waals surface area contributed by atoms with E-state index in [1.807, 2.05) is 0 Å². The van der Waals surface area contributed by atoms with Crippen molar-refractivity contribution in [1.29, 1.82) is 0 Å². The van der Waals surface area contributed by atoms with Crippen LogP contribution in [-0.2, 0) is 14.8 Å². The fourth-order valence-corrected chi connectivity index (χ4v) is 4.53. The van der Waals surface area contributed by atoms with E-state index in [4.69, 9.17) is 22.1 Å². The predicted octanol–water partition coefficient (Wildman–Crippen LogP) is 1.16. The van der Waals surface area contributed by atoms with Crippen LogP contribution in [-0.4, -0.2) is 50.0 Å². The smallest absolute Gasteiger partial charge is 0.307 e. The van der Waals surface area contributed by atoms with Gasteiger partial charge in [0.25, 0.3) is 0 Å². The molecule has 1 fully saturated rings. The molecular weight excluding hydrogens is 344 g/mol. The van der Waals surface area contributed by atoms with Gasteiger partial charge in [0.15, 0.2) is 0 Å². The van der Waals surface area contributed by atoms with E-state index in [2.05, 4.69) is 0 Å². The number of methoxy groups -OCH3 is 1. The van der Waals surface area contributed by atoms with Crippen molar-refractivity contribution in [2.45, 2.75) is 23.8 Å². The Balaban J connectivity index is 2.44. The number of benzene rings is 1. The van der Waals surface area contributed by atoms with E-state index in [-0.39, 0.29) is 28.8 Å². The highest BCUT2D eigenvalue weighted by atomic mass is 35.5. The average Bonchev–Trinajstić information content (AvgIpc) is 2.69. The molecule has 128 valence electrons. The zero-order chi connectivity index (χ0) is 17.2. The highest BCUT2D eigenvalue weighted by molar-refractivity contribution is 7.89. The Kier molecular flexibility index (Phi) is 5.51. The van der Waals surface area contributed by atoms with Gasteiger partial charge >= 0.3 is 5.97 Å². The molecule has 1 aliphatic rings. The van der Waals surface area contributed by atoms with Crippen molar-refractivity contribution < 1.29 is 23.1 Å². The van der Waals surface area contributed by atoms with Gasteiger partial charge < -0.3 is 15.6 Å². The number of rotatable bonds is 4. The van der Waals surface area contributed by atoms with Crippen LogP contribution in [0.1, 0.15) is 12.8 Å². The summed E-state index contributed by atoms with van der Waals surface area (Å²) < 4.78 is 32.1. The van der Waals surface area contributed by atoms with E-state index in [9.17, 15) is 18.3 Å². The van der Waals surface area contributed by atoms with Crippen LogP contribution in [0.4, 0.5) is 0 Å². The zero-order valence-electron chi connectivity index (χ0n) is 12.6. The minimum atomic E-state index is -3.97. The molecule has 0 saturated carbocycles. The minimum Gasteiger partial charge on any atom is -0.495 e. The largest absolute Gasteiger partial charge is 0.495 e. The Morgan fingerprint density at radius 2 is 2.09 bits per heavy atom. The molecule has 0 bridgehead atoms. The number of nitrogens with zero attached hydrogens (tertiary/aromatic N) is 1. The van der Waals surface area contributed by atoms with Gasteiger partial charge in [0.2, 0.25) is 10.0 Å². The van der Waals surface area contributed by atoms with Crippen LogP contribution in [0.2, 0.25) is 5.02 Å². The number of nitrogens with two attached hydrogens (primary N) is 1. The number of ether oxygens (including phenoxy) is 1. The third-order valence-electron chi connectivity index (χ3n) is 3.84. The van der Waals surface area contributed by atoms with Crippen molar-refractivity contribution in [2.75, 3.05) is 20.2 Å². The molecule has 2 atom stereocenters. The number of carbonyl (C=O) groups is 1. The second-order valence-corrected chi connectivity index (χ2v) is 7.83. The van der Waals surface area contributed by atoms with Gasteiger partial charge in [-0.1, -0.05) is 11.6 Å². The average molecular weight is 363 g/mol. The van der Waals surface area contributed by atoms with E-state index < -0.39 is 28.0 Å². The van der Waals surface area contributed by atoms with Gasteiger partial charge in [-0.25, -0.2) is 8.42 Å². The lowest BCUT2D eigenvalue weighted by Crippen LogP contribution is -2.41. The topological polar surface area (TPSA) is 110 Å². The fourth-order valence-electron chi connectivity index (χ4n) is 2.57. The van der Waals surface area contributed by atoms with Crippen molar-refractivity contribution in [1.82, 2.24) is 4.31 Å². The summed E-state index contributed by atoms with van der Waals surface area (Å²) in [4.78, 5) is 11.2. The lowest BCUT2D eigenvalue weighted by Gasteiger charge is -2.24. The molecule has 23 heavy (non-hydrogen) atoms. The van der Waals surface area contributed by atoms with Crippen LogP contribution in [0, 0.1) is 5.92 Å². The van der Waals surface area contributed by atoms with Gasteiger partial charge in [0, 0.05) is 24.2 Å². The quantitative estimate of drug-likeness (QED) is 0.831. The SMILES string of the molecule is COc1ccc(Cl)cc1S(=O)(=O)N1C[C@H](N)CC[C@H](C(=O)O)C1. The van der Waals surface area contributed by atoms with Crippen molar-refractivity contribution in [3.8, 4) is 5.75 Å². The number of hydrogen-bond donors (Lipinski definition) is 2. The van der Waals surface area contributed by atoms with E-state index in [1.165, 1.54) is 25.3 Å². The highest BCUT2D eigenvalue weighted by Gasteiger charge is 2.35. The summed E-state index contributed by atoms with van der Waals surface area (Å²) in [7, 11) is -2.61. The standard InChI is InChI=1S/C14H19ClN2O5S/c1-22-12-5-3-10(15)6-13(12)23(20,21)17-7-9(14(18)19)2-4-11(16)8-17/h3,5-6,9,11H,2,4,7-8,16H2,1H3,(H,18,19)/t9-,11+/m0/s1. The van der Waals surface area contributed by atoms with Crippen molar-refractivity contribution >= 4 is 27.6 Å². The maximum absolute atomic E-state index is 12.9. The van der Waals surface area contributed by atoms with Gasteiger partial charge in [-0.3, -0.25) is 4.79 Å². The summed E-state index contributed by atoms with van der Waals surface area (Å²) >= 11 is 5.90. The van der Waals surface area contributed by atoms with Crippen LogP contribution >= 0.6 is 11.6 Å². The number of aliphatic carboxylic acids is 1. The molecule has 1 aromatic rings. The molecule has 0 unspecified atom stereocenters. The van der Waals surface area contributed by atoms with Gasteiger partial charge in [0.05, 0.1) is 13.0 Å². The first kappa shape index (κ1) is 18.0. The second kappa shape index (κ2) is 7.04. The molecule has 0 aliphatic carbocycles. The van der Waals surface area contributed by atoms with Crippen molar-refractivity contribution in [3.63, 3.8) is 0 Å². The second-order valence-electron chi connectivity index (χ2n) is 5.49. The molecule has 1 saturated heterocycles. The maximum atomic E-state index is 12.9. The molecule has 2 rings (SSSR count). The number of carboxylic acids is 1. The summed E-state index contributed by atoms with van der Waals surface area (Å²) in [5.74, 6) is -1.67. The number of sulfonamides is 1. The van der Waals surface area contributed by atoms with E-state index in [1.54, 1.807) is 0 Å². The van der Waals surface area contributed by atoms with E-state index in [0.717, 1.165) is 4.31 Å². The Hall–Kier alpha value is -1.35. The zero-order valence-corrected chi connectivity index (χ0v) is 14.2. The molecule has 7 nitrogen and oxygen atoms in total. The van der Waals surface area contributed by atoms with Crippen LogP contribution in [0.25, 0.3) is 0 Å². The molecule has 9 heteroatoms. The maximum Gasteiger partial charge on any atom is 0.307 e. The van der Waals surface area contributed by atoms with Crippen molar-refractivity contribution in [3.05, 3.63) is 23.2 Å². The van der Waals surface area contributed by atoms with Crippen LogP contribution in [0.3, 0.4) is 0 Å². The molecule has 1 aliphatic heterocycles. The molecule has 3 N–H and O–H groups in total. The monoisotopic (exact) mass is 362 g/mol. The molecule has 0 aromatic heterocycles. The summed E-state index contributed by atoms with van der Waals surface area (Å²) in [5, 5.41) is 9.49. The van der Waals surface area contributed by atoms with E-state index >= 15 is 0 Å². The number of carboxylic acid groups (broad SMARTS) is 1. The molecule has 0 amide bonds. The van der Waals surface area contributed by atoms with Gasteiger partial charge in [-0.15, -0.1) is 0 Å². The van der Waals surface area contributed by atoms with Crippen LogP contribution in [0.5, 0.6) is 5.75 Å². The van der Waals surface area contributed by atoms with E-state index in [0.29, 0.717) is 12.8 Å². The molecule has 1 aromatic carbocycles. The summed E-state index contributed by atoms with van der Waals surface area (Å²) in [6.45, 7) is -0.0667. The Morgan fingerprint density at radius 3 is 2.70 bits per heavy atom. The third-order valence-corrected chi connectivity index (χ3v) is 5.93. The number of halogens is 1. The Bertz CT molecular complexity index is 694. The fraction of sp³-hybridized carbons (Fsp3) is 0.500. The predicted molar refractivity (Wildman–Crippen MR) is 85.1 cm³/mol. The van der Waals surface area contributed by atoms with Crippen LogP contribution < -0.4 is 10.5 Å². The lowest BCUT2D eigenvalue weighted by molar-refractivity contribution is -0.142.